The number of nitrogen functional groups attached to an aromatic ring is 1. The van der Waals surface area contributed by atoms with Crippen molar-refractivity contribution >= 4 is 34.8 Å². The molecule has 5 nitrogen and oxygen atoms in total. The second-order valence-corrected chi connectivity index (χ2v) is 3.97. The summed E-state index contributed by atoms with van der Waals surface area (Å²) in [5.74, 6) is -0.730. The number of pyridine rings is 1. The summed E-state index contributed by atoms with van der Waals surface area (Å²) >= 11 is 5.98. The van der Waals surface area contributed by atoms with Crippen LogP contribution >= 0.6 is 11.6 Å². The van der Waals surface area contributed by atoms with Crippen molar-refractivity contribution < 1.29 is 9.90 Å². The van der Waals surface area contributed by atoms with E-state index in [4.69, 9.17) is 22.4 Å². The summed E-state index contributed by atoms with van der Waals surface area (Å²) < 4.78 is 0. The van der Waals surface area contributed by atoms with Crippen molar-refractivity contribution in [3.63, 3.8) is 0 Å². The Morgan fingerprint density at radius 1 is 1.39 bits per heavy atom. The van der Waals surface area contributed by atoms with Gasteiger partial charge in [-0.2, -0.15) is 0 Å². The molecule has 1 heterocycles. The highest BCUT2D eigenvalue weighted by atomic mass is 35.5. The third-order valence-corrected chi connectivity index (χ3v) is 2.63. The highest BCUT2D eigenvalue weighted by molar-refractivity contribution is 6.33. The monoisotopic (exact) mass is 263 g/mol. The molecule has 0 saturated heterocycles. The van der Waals surface area contributed by atoms with Gasteiger partial charge in [0.1, 0.15) is 5.82 Å². The van der Waals surface area contributed by atoms with Crippen LogP contribution < -0.4 is 11.1 Å². The number of nitrogens with two attached hydrogens (primary N) is 1. The molecule has 0 bridgehead atoms. The van der Waals surface area contributed by atoms with Crippen molar-refractivity contribution in [1.29, 1.82) is 0 Å². The van der Waals surface area contributed by atoms with Gasteiger partial charge >= 0.3 is 5.97 Å². The van der Waals surface area contributed by atoms with Gasteiger partial charge in [0.05, 0.1) is 28.2 Å². The van der Waals surface area contributed by atoms with Crippen LogP contribution in [-0.4, -0.2) is 16.1 Å². The summed E-state index contributed by atoms with van der Waals surface area (Å²) in [7, 11) is 0. The van der Waals surface area contributed by atoms with E-state index in [0.29, 0.717) is 16.5 Å². The number of benzene rings is 1. The van der Waals surface area contributed by atoms with Gasteiger partial charge in [0.15, 0.2) is 0 Å². The third-order valence-electron chi connectivity index (χ3n) is 2.30. The molecule has 4 N–H and O–H groups in total. The molecule has 2 rings (SSSR count). The van der Waals surface area contributed by atoms with E-state index in [-0.39, 0.29) is 11.3 Å². The first-order chi connectivity index (χ1) is 8.58. The molecule has 0 fully saturated rings. The molecule has 92 valence electrons. The van der Waals surface area contributed by atoms with Gasteiger partial charge in [-0.1, -0.05) is 23.7 Å². The smallest absolute Gasteiger partial charge is 0.337 e. The molecule has 0 radical (unpaired) electrons. The number of carboxylic acid groups (broad SMARTS) is 1. The van der Waals surface area contributed by atoms with E-state index in [2.05, 4.69) is 10.3 Å². The molecule has 0 amide bonds. The number of hydrogen-bond acceptors (Lipinski definition) is 4. The van der Waals surface area contributed by atoms with Crippen LogP contribution in [0.15, 0.2) is 36.5 Å². The lowest BCUT2D eigenvalue weighted by Gasteiger charge is -2.08. The van der Waals surface area contributed by atoms with Crippen molar-refractivity contribution in [3.05, 3.63) is 47.1 Å². The zero-order valence-corrected chi connectivity index (χ0v) is 9.98. The first kappa shape index (κ1) is 12.2. The fourth-order valence-electron chi connectivity index (χ4n) is 1.42. The van der Waals surface area contributed by atoms with Gasteiger partial charge in [-0.25, -0.2) is 9.78 Å². The van der Waals surface area contributed by atoms with Crippen molar-refractivity contribution in [2.45, 2.75) is 0 Å². The minimum Gasteiger partial charge on any atom is -0.478 e. The average molecular weight is 264 g/mol. The first-order valence-electron chi connectivity index (χ1n) is 5.08. The van der Waals surface area contributed by atoms with Crippen LogP contribution in [0.4, 0.5) is 17.2 Å². The van der Waals surface area contributed by atoms with Gasteiger partial charge in [-0.15, -0.1) is 0 Å². The topological polar surface area (TPSA) is 88.2 Å². The Morgan fingerprint density at radius 3 is 2.78 bits per heavy atom. The molecule has 2 aromatic rings. The average Bonchev–Trinajstić information content (AvgIpc) is 2.34. The van der Waals surface area contributed by atoms with Crippen LogP contribution in [0.25, 0.3) is 0 Å². The number of aromatic nitrogens is 1. The standard InChI is InChI=1S/C12H10ClN3O2/c13-8-3-1-2-4-10(8)16-11-5-7(12(17)18)9(14)6-15-11/h1-6H,14H2,(H,15,16)(H,17,18). The summed E-state index contributed by atoms with van der Waals surface area (Å²) in [5, 5.41) is 12.4. The Labute approximate surface area is 108 Å². The molecule has 0 unspecified atom stereocenters. The molecule has 0 aliphatic rings. The molecule has 0 saturated carbocycles. The number of aromatic carboxylic acids is 1. The van der Waals surface area contributed by atoms with Gasteiger partial charge < -0.3 is 16.2 Å². The number of hydrogen-bond donors (Lipinski definition) is 3. The summed E-state index contributed by atoms with van der Waals surface area (Å²) in [5.41, 5.74) is 6.28. The maximum atomic E-state index is 10.9. The summed E-state index contributed by atoms with van der Waals surface area (Å²) in [6.45, 7) is 0. The lowest BCUT2D eigenvalue weighted by atomic mass is 10.2. The van der Waals surface area contributed by atoms with Crippen LogP contribution in [0.2, 0.25) is 5.02 Å². The molecule has 1 aromatic heterocycles. The minimum absolute atomic E-state index is 0.000413. The number of rotatable bonds is 3. The van der Waals surface area contributed by atoms with Crippen LogP contribution in [0.5, 0.6) is 0 Å². The lowest BCUT2D eigenvalue weighted by molar-refractivity contribution is 0.0698. The number of nitrogens with zero attached hydrogens (tertiary/aromatic N) is 1. The maximum Gasteiger partial charge on any atom is 0.337 e. The fraction of sp³-hybridized carbons (Fsp3) is 0. The van der Waals surface area contributed by atoms with E-state index in [1.807, 2.05) is 6.07 Å². The Morgan fingerprint density at radius 2 is 2.11 bits per heavy atom. The maximum absolute atomic E-state index is 10.9. The highest BCUT2D eigenvalue weighted by Gasteiger charge is 2.10. The Kier molecular flexibility index (Phi) is 3.34. The highest BCUT2D eigenvalue weighted by Crippen LogP contribution is 2.25. The molecular formula is C12H10ClN3O2. The number of carboxylic acids is 1. The molecule has 0 aliphatic carbocycles. The zero-order valence-electron chi connectivity index (χ0n) is 9.22. The van der Waals surface area contributed by atoms with Crippen molar-refractivity contribution in [2.75, 3.05) is 11.1 Å². The van der Waals surface area contributed by atoms with E-state index in [9.17, 15) is 4.79 Å². The van der Waals surface area contributed by atoms with E-state index in [1.165, 1.54) is 12.3 Å². The minimum atomic E-state index is -1.10. The summed E-state index contributed by atoms with van der Waals surface area (Å²) in [6, 6.07) is 8.46. The van der Waals surface area contributed by atoms with Crippen molar-refractivity contribution in [1.82, 2.24) is 4.98 Å². The molecular weight excluding hydrogens is 254 g/mol. The number of anilines is 3. The molecule has 6 heteroatoms. The second kappa shape index (κ2) is 4.93. The second-order valence-electron chi connectivity index (χ2n) is 3.57. The third kappa shape index (κ3) is 2.52. The van der Waals surface area contributed by atoms with Gasteiger partial charge in [0.2, 0.25) is 0 Å². The SMILES string of the molecule is Nc1cnc(Nc2ccccc2Cl)cc1C(=O)O. The van der Waals surface area contributed by atoms with Gasteiger partial charge in [0.25, 0.3) is 0 Å². The number of halogens is 1. The van der Waals surface area contributed by atoms with Crippen molar-refractivity contribution in [2.24, 2.45) is 0 Å². The number of para-hydroxylation sites is 1. The van der Waals surface area contributed by atoms with E-state index in [1.54, 1.807) is 18.2 Å². The van der Waals surface area contributed by atoms with Gasteiger partial charge in [-0.3, -0.25) is 0 Å². The van der Waals surface area contributed by atoms with E-state index < -0.39 is 5.97 Å². The van der Waals surface area contributed by atoms with E-state index in [0.717, 1.165) is 0 Å². The van der Waals surface area contributed by atoms with E-state index >= 15 is 0 Å². The van der Waals surface area contributed by atoms with Crippen LogP contribution in [0.1, 0.15) is 10.4 Å². The quantitative estimate of drug-likeness (QED) is 0.792. The zero-order chi connectivity index (χ0) is 13.1. The molecule has 18 heavy (non-hydrogen) atoms. The first-order valence-corrected chi connectivity index (χ1v) is 5.46. The largest absolute Gasteiger partial charge is 0.478 e. The van der Waals surface area contributed by atoms with Gasteiger partial charge in [-0.05, 0) is 18.2 Å². The van der Waals surface area contributed by atoms with Crippen LogP contribution in [-0.2, 0) is 0 Å². The Balaban J connectivity index is 2.33. The predicted molar refractivity (Wildman–Crippen MR) is 70.3 cm³/mol. The molecule has 1 aromatic carbocycles. The fourth-order valence-corrected chi connectivity index (χ4v) is 1.60. The number of carbonyl (C=O) groups is 1. The Hall–Kier alpha value is -2.27. The normalized spacial score (nSPS) is 10.1. The summed E-state index contributed by atoms with van der Waals surface area (Å²) in [6.07, 6.45) is 1.29. The predicted octanol–water partition coefficient (Wildman–Crippen LogP) is 2.76. The van der Waals surface area contributed by atoms with Gasteiger partial charge in [0, 0.05) is 0 Å². The Bertz CT molecular complexity index is 602. The molecule has 0 aliphatic heterocycles. The van der Waals surface area contributed by atoms with Crippen LogP contribution in [0, 0.1) is 0 Å². The molecule has 0 atom stereocenters. The lowest BCUT2D eigenvalue weighted by Crippen LogP contribution is -2.05. The van der Waals surface area contributed by atoms with Crippen LogP contribution in [0.3, 0.4) is 0 Å². The summed E-state index contributed by atoms with van der Waals surface area (Å²) in [4.78, 5) is 14.9. The van der Waals surface area contributed by atoms with Crippen molar-refractivity contribution in [3.8, 4) is 0 Å². The number of nitrogens with one attached hydrogen (secondary N) is 1. The molecule has 0 spiro atoms.